The Labute approximate surface area is 180 Å². The highest BCUT2D eigenvalue weighted by molar-refractivity contribution is 6.04. The van der Waals surface area contributed by atoms with Crippen molar-refractivity contribution in [2.24, 2.45) is 0 Å². The molecule has 2 aromatic heterocycles. The molecule has 0 saturated carbocycles. The van der Waals surface area contributed by atoms with Crippen molar-refractivity contribution in [1.82, 2.24) is 15.0 Å². The number of rotatable bonds is 4. The van der Waals surface area contributed by atoms with Crippen molar-refractivity contribution in [2.45, 2.75) is 25.9 Å². The molecule has 1 amide bonds. The fourth-order valence-electron chi connectivity index (χ4n) is 3.80. The number of benzene rings is 2. The van der Waals surface area contributed by atoms with Crippen LogP contribution in [0.1, 0.15) is 25.5 Å². The van der Waals surface area contributed by atoms with Crippen LogP contribution in [0, 0.1) is 0 Å². The van der Waals surface area contributed by atoms with Crippen molar-refractivity contribution in [3.63, 3.8) is 0 Å². The van der Waals surface area contributed by atoms with Crippen LogP contribution in [-0.4, -0.2) is 26.9 Å². The number of hydrogen-bond donors (Lipinski definition) is 3. The number of nitrogens with zero attached hydrogens (tertiary/aromatic N) is 3. The van der Waals surface area contributed by atoms with Crippen molar-refractivity contribution in [3.05, 3.63) is 72.6 Å². The van der Waals surface area contributed by atoms with Gasteiger partial charge < -0.3 is 16.0 Å². The summed E-state index contributed by atoms with van der Waals surface area (Å²) in [6.45, 7) is 3.86. The second-order valence-corrected chi connectivity index (χ2v) is 7.65. The van der Waals surface area contributed by atoms with E-state index in [2.05, 4.69) is 57.1 Å². The topological polar surface area (TPSA) is 91.8 Å². The van der Waals surface area contributed by atoms with Gasteiger partial charge in [0.15, 0.2) is 11.6 Å². The zero-order valence-electron chi connectivity index (χ0n) is 17.3. The summed E-state index contributed by atoms with van der Waals surface area (Å²) in [7, 11) is 0. The van der Waals surface area contributed by atoms with E-state index in [0.29, 0.717) is 17.3 Å². The Balaban J connectivity index is 1.57. The van der Waals surface area contributed by atoms with Crippen LogP contribution in [0.2, 0.25) is 0 Å². The first-order valence-corrected chi connectivity index (χ1v) is 10.2. The quantitative estimate of drug-likeness (QED) is 0.455. The summed E-state index contributed by atoms with van der Waals surface area (Å²) in [5, 5.41) is 10.5. The molecule has 0 saturated heterocycles. The van der Waals surface area contributed by atoms with E-state index in [1.807, 2.05) is 36.4 Å². The molecule has 0 bridgehead atoms. The number of fused-ring (bicyclic) bond motifs is 2. The van der Waals surface area contributed by atoms with Crippen LogP contribution >= 0.6 is 0 Å². The molecule has 3 N–H and O–H groups in total. The van der Waals surface area contributed by atoms with Crippen molar-refractivity contribution >= 4 is 34.1 Å². The van der Waals surface area contributed by atoms with Crippen LogP contribution in [0.3, 0.4) is 0 Å². The van der Waals surface area contributed by atoms with Gasteiger partial charge in [-0.05, 0) is 26.0 Å². The van der Waals surface area contributed by atoms with Gasteiger partial charge in [0.1, 0.15) is 18.1 Å². The number of hydrogen-bond acceptors (Lipinski definition) is 6. The molecular formula is C24H22N6O. The van der Waals surface area contributed by atoms with Crippen molar-refractivity contribution in [3.8, 4) is 11.3 Å². The van der Waals surface area contributed by atoms with E-state index in [1.54, 1.807) is 6.92 Å². The first-order chi connectivity index (χ1) is 15.1. The van der Waals surface area contributed by atoms with Crippen molar-refractivity contribution < 1.29 is 4.79 Å². The summed E-state index contributed by atoms with van der Waals surface area (Å²) in [5.41, 5.74) is 4.51. The first kappa shape index (κ1) is 19.0. The van der Waals surface area contributed by atoms with E-state index < -0.39 is 0 Å². The summed E-state index contributed by atoms with van der Waals surface area (Å²) < 4.78 is 0. The summed E-state index contributed by atoms with van der Waals surface area (Å²) >= 11 is 0. The number of pyridine rings is 1. The third-order valence-corrected chi connectivity index (χ3v) is 5.46. The predicted octanol–water partition coefficient (Wildman–Crippen LogP) is 4.62. The van der Waals surface area contributed by atoms with Gasteiger partial charge in [0.2, 0.25) is 5.91 Å². The first-order valence-electron chi connectivity index (χ1n) is 10.2. The van der Waals surface area contributed by atoms with Gasteiger partial charge in [0.05, 0.1) is 17.3 Å². The van der Waals surface area contributed by atoms with Crippen LogP contribution in [0.25, 0.3) is 22.2 Å². The molecular weight excluding hydrogens is 388 g/mol. The van der Waals surface area contributed by atoms with Gasteiger partial charge in [0, 0.05) is 16.5 Å². The smallest absolute Gasteiger partial charge is 0.246 e. The maximum atomic E-state index is 12.2. The molecule has 31 heavy (non-hydrogen) atoms. The number of anilines is 3. The van der Waals surface area contributed by atoms with Crippen LogP contribution < -0.4 is 16.0 Å². The standard InChI is InChI=1S/C24H22N6O/c1-14(27-22-21-23(26-13-25-22)28-15(2)24(31)30-21)18-12-17-10-6-7-11-19(17)29-20(18)16-8-4-3-5-9-16/h3-15H,1-2H3,(H,30,31)(H2,25,26,27,28). The van der Waals surface area contributed by atoms with Crippen molar-refractivity contribution in [1.29, 1.82) is 0 Å². The lowest BCUT2D eigenvalue weighted by atomic mass is 9.98. The van der Waals surface area contributed by atoms with Crippen LogP contribution in [0.5, 0.6) is 0 Å². The molecule has 0 fully saturated rings. The highest BCUT2D eigenvalue weighted by atomic mass is 16.2. The zero-order valence-corrected chi connectivity index (χ0v) is 17.3. The van der Waals surface area contributed by atoms with Gasteiger partial charge in [-0.3, -0.25) is 4.79 Å². The number of carbonyl (C=O) groups is 1. The third-order valence-electron chi connectivity index (χ3n) is 5.46. The van der Waals surface area contributed by atoms with Crippen LogP contribution in [0.4, 0.5) is 17.3 Å². The molecule has 2 aromatic carbocycles. The number of amides is 1. The van der Waals surface area contributed by atoms with Gasteiger partial charge in [-0.2, -0.15) is 0 Å². The maximum Gasteiger partial charge on any atom is 0.246 e. The Hall–Kier alpha value is -4.00. The van der Waals surface area contributed by atoms with E-state index in [1.165, 1.54) is 6.33 Å². The number of aromatic nitrogens is 3. The normalized spacial score (nSPS) is 16.2. The minimum absolute atomic E-state index is 0.115. The largest absolute Gasteiger partial charge is 0.362 e. The van der Waals surface area contributed by atoms with Gasteiger partial charge in [-0.25, -0.2) is 15.0 Å². The molecule has 1 aliphatic rings. The molecule has 5 rings (SSSR count). The summed E-state index contributed by atoms with van der Waals surface area (Å²) in [4.78, 5) is 25.8. The average Bonchev–Trinajstić information content (AvgIpc) is 2.80. The summed E-state index contributed by atoms with van der Waals surface area (Å²) in [6, 6.07) is 19.9. The number of para-hydroxylation sites is 1. The molecule has 7 nitrogen and oxygen atoms in total. The van der Waals surface area contributed by atoms with E-state index in [-0.39, 0.29) is 18.0 Å². The van der Waals surface area contributed by atoms with E-state index >= 15 is 0 Å². The minimum atomic E-state index is -0.345. The van der Waals surface area contributed by atoms with Crippen LogP contribution in [-0.2, 0) is 4.79 Å². The molecule has 154 valence electrons. The lowest BCUT2D eigenvalue weighted by molar-refractivity contribution is -0.116. The molecule has 1 aliphatic heterocycles. The summed E-state index contributed by atoms with van der Waals surface area (Å²) in [6.07, 6.45) is 1.49. The number of nitrogens with one attached hydrogen (secondary N) is 3. The highest BCUT2D eigenvalue weighted by Gasteiger charge is 2.26. The number of carbonyl (C=O) groups excluding carboxylic acids is 1. The molecule has 0 spiro atoms. The minimum Gasteiger partial charge on any atom is -0.362 e. The Morgan fingerprint density at radius 3 is 2.65 bits per heavy atom. The Morgan fingerprint density at radius 1 is 1.03 bits per heavy atom. The van der Waals surface area contributed by atoms with E-state index in [4.69, 9.17) is 4.98 Å². The van der Waals surface area contributed by atoms with Gasteiger partial charge in [0.25, 0.3) is 0 Å². The van der Waals surface area contributed by atoms with E-state index in [0.717, 1.165) is 27.7 Å². The second kappa shape index (κ2) is 7.68. The lowest BCUT2D eigenvalue weighted by Gasteiger charge is -2.26. The van der Waals surface area contributed by atoms with Crippen molar-refractivity contribution in [2.75, 3.05) is 16.0 Å². The molecule has 0 aliphatic carbocycles. The molecule has 7 heteroatoms. The second-order valence-electron chi connectivity index (χ2n) is 7.65. The fraction of sp³-hybridized carbons (Fsp3) is 0.167. The van der Waals surface area contributed by atoms with Gasteiger partial charge >= 0.3 is 0 Å². The maximum absolute atomic E-state index is 12.2. The highest BCUT2D eigenvalue weighted by Crippen LogP contribution is 2.35. The van der Waals surface area contributed by atoms with Gasteiger partial charge in [-0.1, -0.05) is 48.5 Å². The van der Waals surface area contributed by atoms with Gasteiger partial charge in [-0.15, -0.1) is 0 Å². The monoisotopic (exact) mass is 410 g/mol. The molecule has 3 heterocycles. The van der Waals surface area contributed by atoms with Crippen LogP contribution in [0.15, 0.2) is 67.0 Å². The Bertz CT molecular complexity index is 1270. The molecule has 2 atom stereocenters. The average molecular weight is 410 g/mol. The summed E-state index contributed by atoms with van der Waals surface area (Å²) in [5.74, 6) is 1.06. The SMILES string of the molecule is CC1Nc2ncnc(NC(C)c3cc4ccccc4nc3-c3ccccc3)c2NC1=O. The molecule has 2 unspecified atom stereocenters. The predicted molar refractivity (Wildman–Crippen MR) is 123 cm³/mol. The molecule has 0 radical (unpaired) electrons. The third kappa shape index (κ3) is 3.54. The zero-order chi connectivity index (χ0) is 21.4. The molecule has 4 aromatic rings. The lowest BCUT2D eigenvalue weighted by Crippen LogP contribution is -2.37. The Morgan fingerprint density at radius 2 is 1.81 bits per heavy atom. The van der Waals surface area contributed by atoms with E-state index in [9.17, 15) is 4.79 Å². The fourth-order valence-corrected chi connectivity index (χ4v) is 3.80. The Kier molecular flexibility index (Phi) is 4.71.